The number of benzene rings is 1. The van der Waals surface area contributed by atoms with Crippen molar-refractivity contribution < 1.29 is 14.3 Å². The molecule has 0 radical (unpaired) electrons. The van der Waals surface area contributed by atoms with E-state index in [1.165, 1.54) is 6.20 Å². The van der Waals surface area contributed by atoms with E-state index >= 15 is 0 Å². The van der Waals surface area contributed by atoms with Gasteiger partial charge in [-0.3, -0.25) is 23.9 Å². The average Bonchev–Trinajstić information content (AvgIpc) is 3.40. The van der Waals surface area contributed by atoms with Crippen LogP contribution >= 0.6 is 0 Å². The van der Waals surface area contributed by atoms with Crippen LogP contribution in [0.4, 0.5) is 0 Å². The molecule has 0 unspecified atom stereocenters. The number of esters is 1. The second kappa shape index (κ2) is 7.16. The number of ether oxygens (including phenoxy) is 1. The van der Waals surface area contributed by atoms with E-state index in [2.05, 4.69) is 10.3 Å². The van der Waals surface area contributed by atoms with Crippen LogP contribution in [0.5, 0.6) is 0 Å². The molecule has 0 aliphatic heterocycles. The molecule has 1 aromatic heterocycles. The van der Waals surface area contributed by atoms with Crippen molar-refractivity contribution in [1.82, 2.24) is 14.9 Å². The first-order valence-electron chi connectivity index (χ1n) is 7.87. The zero-order valence-corrected chi connectivity index (χ0v) is 13.3. The van der Waals surface area contributed by atoms with Gasteiger partial charge in [0.15, 0.2) is 0 Å². The summed E-state index contributed by atoms with van der Waals surface area (Å²) < 4.78 is 6.32. The molecule has 1 atom stereocenters. The first-order valence-corrected chi connectivity index (χ1v) is 7.87. The van der Waals surface area contributed by atoms with Gasteiger partial charge >= 0.3 is 11.7 Å². The lowest BCUT2D eigenvalue weighted by Gasteiger charge is -2.18. The second-order valence-electron chi connectivity index (χ2n) is 5.80. The summed E-state index contributed by atoms with van der Waals surface area (Å²) in [7, 11) is 0. The smallest absolute Gasteiger partial charge is 0.328 e. The Balaban J connectivity index is 1.74. The molecule has 1 heterocycles. The van der Waals surface area contributed by atoms with E-state index < -0.39 is 35.8 Å². The standard InChI is InChI=1S/C17H17N3O5/c21-13-8-9-20(17(24)19-13)10-14(22)25-15(11-4-2-1-3-5-11)16(23)18-12-6-7-12/h1-5,8-9,12,15H,6-7,10H2,(H,18,23)(H,19,21,24)/t15-/m1/s1. The van der Waals surface area contributed by atoms with E-state index in [0.29, 0.717) is 5.56 Å². The van der Waals surface area contributed by atoms with Crippen LogP contribution < -0.4 is 16.6 Å². The molecular weight excluding hydrogens is 326 g/mol. The maximum atomic E-state index is 12.4. The van der Waals surface area contributed by atoms with Gasteiger partial charge in [-0.2, -0.15) is 0 Å². The summed E-state index contributed by atoms with van der Waals surface area (Å²) in [5, 5.41) is 2.81. The molecule has 1 saturated carbocycles. The highest BCUT2D eigenvalue weighted by molar-refractivity contribution is 5.85. The van der Waals surface area contributed by atoms with E-state index in [-0.39, 0.29) is 6.04 Å². The van der Waals surface area contributed by atoms with Crippen LogP contribution in [0.25, 0.3) is 0 Å². The van der Waals surface area contributed by atoms with Gasteiger partial charge in [-0.05, 0) is 12.8 Å². The van der Waals surface area contributed by atoms with Crippen molar-refractivity contribution in [3.8, 4) is 0 Å². The van der Waals surface area contributed by atoms with Crippen molar-refractivity contribution in [3.63, 3.8) is 0 Å². The molecule has 1 aliphatic rings. The van der Waals surface area contributed by atoms with Gasteiger partial charge in [0.05, 0.1) is 0 Å². The van der Waals surface area contributed by atoms with E-state index in [0.717, 1.165) is 23.5 Å². The predicted octanol–water partition coefficient (Wildman–Crippen LogP) is 0.0997. The minimum Gasteiger partial charge on any atom is -0.446 e. The van der Waals surface area contributed by atoms with E-state index in [1.807, 2.05) is 0 Å². The van der Waals surface area contributed by atoms with Crippen molar-refractivity contribution in [2.45, 2.75) is 31.5 Å². The highest BCUT2D eigenvalue weighted by Gasteiger charge is 2.30. The minimum absolute atomic E-state index is 0.124. The third kappa shape index (κ3) is 4.43. The topological polar surface area (TPSA) is 110 Å². The Hall–Kier alpha value is -3.16. The van der Waals surface area contributed by atoms with Gasteiger partial charge in [-0.25, -0.2) is 4.79 Å². The van der Waals surface area contributed by atoms with Crippen molar-refractivity contribution >= 4 is 11.9 Å². The van der Waals surface area contributed by atoms with Gasteiger partial charge in [0.2, 0.25) is 6.10 Å². The third-order valence-electron chi connectivity index (χ3n) is 3.71. The molecule has 130 valence electrons. The third-order valence-corrected chi connectivity index (χ3v) is 3.71. The fourth-order valence-electron chi connectivity index (χ4n) is 2.28. The number of aromatic nitrogens is 2. The van der Waals surface area contributed by atoms with Crippen LogP contribution in [0.1, 0.15) is 24.5 Å². The minimum atomic E-state index is -1.09. The second-order valence-corrected chi connectivity index (χ2v) is 5.80. The summed E-state index contributed by atoms with van der Waals surface area (Å²) in [6, 6.07) is 9.91. The number of nitrogens with one attached hydrogen (secondary N) is 2. The number of hydrogen-bond acceptors (Lipinski definition) is 5. The maximum Gasteiger partial charge on any atom is 0.328 e. The molecule has 0 spiro atoms. The van der Waals surface area contributed by atoms with Gasteiger partial charge in [0.1, 0.15) is 6.54 Å². The van der Waals surface area contributed by atoms with Crippen LogP contribution in [0, 0.1) is 0 Å². The Kier molecular flexibility index (Phi) is 4.78. The summed E-state index contributed by atoms with van der Waals surface area (Å²) in [6.45, 7) is -0.407. The molecule has 2 N–H and O–H groups in total. The Morgan fingerprint density at radius 2 is 1.92 bits per heavy atom. The lowest BCUT2D eigenvalue weighted by Crippen LogP contribution is -2.36. The van der Waals surface area contributed by atoms with E-state index in [4.69, 9.17) is 4.74 Å². The summed E-state index contributed by atoms with van der Waals surface area (Å²) in [5.74, 6) is -1.15. The van der Waals surface area contributed by atoms with Crippen LogP contribution in [-0.2, 0) is 20.9 Å². The molecule has 1 aliphatic carbocycles. The number of hydrogen-bond donors (Lipinski definition) is 2. The Morgan fingerprint density at radius 1 is 1.20 bits per heavy atom. The van der Waals surface area contributed by atoms with Crippen LogP contribution in [0.15, 0.2) is 52.2 Å². The average molecular weight is 343 g/mol. The van der Waals surface area contributed by atoms with Gasteiger partial charge in [-0.15, -0.1) is 0 Å². The molecule has 1 fully saturated rings. The highest BCUT2D eigenvalue weighted by Crippen LogP contribution is 2.23. The molecular formula is C17H17N3O5. The Bertz CT molecular complexity index is 883. The summed E-state index contributed by atoms with van der Waals surface area (Å²) in [5.41, 5.74) is -0.730. The zero-order chi connectivity index (χ0) is 17.8. The molecule has 1 aromatic carbocycles. The number of H-pyrrole nitrogens is 1. The first-order chi connectivity index (χ1) is 12.0. The fourth-order valence-corrected chi connectivity index (χ4v) is 2.28. The largest absolute Gasteiger partial charge is 0.446 e. The predicted molar refractivity (Wildman–Crippen MR) is 87.8 cm³/mol. The molecule has 1 amide bonds. The van der Waals surface area contributed by atoms with Gasteiger partial charge < -0.3 is 10.1 Å². The quantitative estimate of drug-likeness (QED) is 0.723. The van der Waals surface area contributed by atoms with E-state index in [9.17, 15) is 19.2 Å². The van der Waals surface area contributed by atoms with Gasteiger partial charge in [0, 0.05) is 23.9 Å². The van der Waals surface area contributed by atoms with Crippen LogP contribution in [0.2, 0.25) is 0 Å². The van der Waals surface area contributed by atoms with Gasteiger partial charge in [0.25, 0.3) is 11.5 Å². The van der Waals surface area contributed by atoms with Crippen molar-refractivity contribution in [2.24, 2.45) is 0 Å². The molecule has 3 rings (SSSR count). The molecule has 25 heavy (non-hydrogen) atoms. The number of carbonyl (C=O) groups is 2. The van der Waals surface area contributed by atoms with Crippen molar-refractivity contribution in [1.29, 1.82) is 0 Å². The SMILES string of the molecule is O=C(Cn1ccc(=O)[nH]c1=O)O[C@@H](C(=O)NC1CC1)c1ccccc1. The highest BCUT2D eigenvalue weighted by atomic mass is 16.5. The monoisotopic (exact) mass is 343 g/mol. The molecule has 0 saturated heterocycles. The number of aromatic amines is 1. The van der Waals surface area contributed by atoms with Crippen molar-refractivity contribution in [3.05, 3.63) is 69.0 Å². The Labute approximate surface area is 142 Å². The number of amides is 1. The normalized spacial score (nSPS) is 14.6. The van der Waals surface area contributed by atoms with E-state index in [1.54, 1.807) is 30.3 Å². The van der Waals surface area contributed by atoms with Gasteiger partial charge in [-0.1, -0.05) is 30.3 Å². The number of carbonyl (C=O) groups excluding carboxylic acids is 2. The zero-order valence-electron chi connectivity index (χ0n) is 13.3. The molecule has 0 bridgehead atoms. The Morgan fingerprint density at radius 3 is 2.56 bits per heavy atom. The lowest BCUT2D eigenvalue weighted by atomic mass is 10.1. The molecule has 8 nitrogen and oxygen atoms in total. The summed E-state index contributed by atoms with van der Waals surface area (Å²) in [4.78, 5) is 49.3. The molecule has 8 heteroatoms. The summed E-state index contributed by atoms with van der Waals surface area (Å²) >= 11 is 0. The number of rotatable bonds is 6. The summed E-state index contributed by atoms with van der Waals surface area (Å²) in [6.07, 6.45) is 1.93. The lowest BCUT2D eigenvalue weighted by molar-refractivity contribution is -0.157. The molecule has 2 aromatic rings. The fraction of sp³-hybridized carbons (Fsp3) is 0.294. The maximum absolute atomic E-state index is 12.4. The van der Waals surface area contributed by atoms with Crippen LogP contribution in [-0.4, -0.2) is 27.5 Å². The number of nitrogens with zero attached hydrogens (tertiary/aromatic N) is 1. The van der Waals surface area contributed by atoms with Crippen LogP contribution in [0.3, 0.4) is 0 Å². The van der Waals surface area contributed by atoms with Crippen molar-refractivity contribution in [2.75, 3.05) is 0 Å². The first kappa shape index (κ1) is 16.7.